The Kier molecular flexibility index (Phi) is 6.87. The molecule has 0 fully saturated rings. The van der Waals surface area contributed by atoms with Crippen molar-refractivity contribution in [3.05, 3.63) is 75.7 Å². The van der Waals surface area contributed by atoms with Crippen molar-refractivity contribution in [2.45, 2.75) is 31.3 Å². The number of halogens is 2. The van der Waals surface area contributed by atoms with Crippen LogP contribution in [0.5, 0.6) is 5.75 Å². The SMILES string of the molecule is CC(C)c1nc(C(N)=C(N)N)n(Cc2cccnc2)c1S(=O)(=O)Oc1cc(Cl)cc(Cl)c1. The predicted octanol–water partition coefficient (Wildman–Crippen LogP) is 3.03. The zero-order valence-electron chi connectivity index (χ0n) is 17.3. The molecule has 0 aliphatic rings. The lowest BCUT2D eigenvalue weighted by molar-refractivity contribution is 0.472. The fourth-order valence-corrected chi connectivity index (χ4v) is 4.89. The highest BCUT2D eigenvalue weighted by molar-refractivity contribution is 7.87. The molecule has 170 valence electrons. The maximum atomic E-state index is 13.5. The molecule has 0 spiro atoms. The molecule has 0 amide bonds. The van der Waals surface area contributed by atoms with Crippen molar-refractivity contribution in [1.29, 1.82) is 0 Å². The van der Waals surface area contributed by atoms with E-state index >= 15 is 0 Å². The minimum absolute atomic E-state index is 0.0465. The van der Waals surface area contributed by atoms with Gasteiger partial charge in [-0.2, -0.15) is 8.42 Å². The van der Waals surface area contributed by atoms with E-state index in [9.17, 15) is 8.42 Å². The molecule has 0 aliphatic carbocycles. The number of nitrogens with zero attached hydrogens (tertiary/aromatic N) is 3. The molecule has 2 heterocycles. The highest BCUT2D eigenvalue weighted by atomic mass is 35.5. The molecule has 3 aromatic rings. The second kappa shape index (κ2) is 9.27. The average Bonchev–Trinajstić information content (AvgIpc) is 3.07. The standard InChI is InChI=1S/C20H22Cl2N6O3S/c1-11(2)17-20(32(29,30)31-15-7-13(21)6-14(22)8-15)28(10-12-4-3-5-26-9-12)19(27-17)16(23)18(24)25/h3-9,11H,10,23-25H2,1-2H3. The van der Waals surface area contributed by atoms with Gasteiger partial charge in [0.2, 0.25) is 0 Å². The van der Waals surface area contributed by atoms with Gasteiger partial charge in [0.1, 0.15) is 17.3 Å². The zero-order valence-corrected chi connectivity index (χ0v) is 19.6. The van der Waals surface area contributed by atoms with Crippen LogP contribution in [0.15, 0.2) is 53.6 Å². The number of hydrogen-bond acceptors (Lipinski definition) is 8. The van der Waals surface area contributed by atoms with Crippen molar-refractivity contribution in [3.8, 4) is 5.75 Å². The Balaban J connectivity index is 2.25. The molecule has 2 aromatic heterocycles. The van der Waals surface area contributed by atoms with Crippen LogP contribution in [0.2, 0.25) is 10.0 Å². The molecule has 12 heteroatoms. The Morgan fingerprint density at radius 2 is 1.81 bits per heavy atom. The summed E-state index contributed by atoms with van der Waals surface area (Å²) in [4.78, 5) is 8.53. The molecule has 1 aromatic carbocycles. The van der Waals surface area contributed by atoms with Gasteiger partial charge in [-0.1, -0.05) is 43.1 Å². The summed E-state index contributed by atoms with van der Waals surface area (Å²) < 4.78 is 33.7. The van der Waals surface area contributed by atoms with E-state index in [1.54, 1.807) is 38.4 Å². The van der Waals surface area contributed by atoms with E-state index in [0.29, 0.717) is 5.56 Å². The maximum Gasteiger partial charge on any atom is 0.357 e. The summed E-state index contributed by atoms with van der Waals surface area (Å²) in [5.41, 5.74) is 18.3. The summed E-state index contributed by atoms with van der Waals surface area (Å²) in [7, 11) is -4.41. The Morgan fingerprint density at radius 1 is 1.16 bits per heavy atom. The maximum absolute atomic E-state index is 13.5. The summed E-state index contributed by atoms with van der Waals surface area (Å²) in [6, 6.07) is 7.65. The van der Waals surface area contributed by atoms with Crippen LogP contribution >= 0.6 is 23.2 Å². The van der Waals surface area contributed by atoms with Gasteiger partial charge in [0.15, 0.2) is 10.9 Å². The third kappa shape index (κ3) is 5.09. The van der Waals surface area contributed by atoms with Crippen LogP contribution in [0.3, 0.4) is 0 Å². The smallest absolute Gasteiger partial charge is 0.357 e. The zero-order chi connectivity index (χ0) is 23.6. The molecule has 3 rings (SSSR count). The number of rotatable bonds is 7. The van der Waals surface area contributed by atoms with Crippen LogP contribution in [-0.4, -0.2) is 23.0 Å². The van der Waals surface area contributed by atoms with Gasteiger partial charge in [-0.05, 0) is 23.6 Å². The Labute approximate surface area is 195 Å². The van der Waals surface area contributed by atoms with Gasteiger partial charge in [-0.15, -0.1) is 0 Å². The first-order chi connectivity index (χ1) is 15.0. The fraction of sp³-hybridized carbons (Fsp3) is 0.200. The molecular weight excluding hydrogens is 475 g/mol. The molecule has 0 saturated carbocycles. The van der Waals surface area contributed by atoms with Crippen molar-refractivity contribution in [1.82, 2.24) is 14.5 Å². The molecule has 0 atom stereocenters. The van der Waals surface area contributed by atoms with Gasteiger partial charge in [0.05, 0.1) is 12.2 Å². The quantitative estimate of drug-likeness (QED) is 0.421. The summed E-state index contributed by atoms with van der Waals surface area (Å²) in [5.74, 6) is -0.435. The number of aromatic nitrogens is 3. The normalized spacial score (nSPS) is 11.5. The van der Waals surface area contributed by atoms with Crippen LogP contribution < -0.4 is 21.4 Å². The van der Waals surface area contributed by atoms with Crippen molar-refractivity contribution in [2.75, 3.05) is 0 Å². The monoisotopic (exact) mass is 496 g/mol. The summed E-state index contributed by atoms with van der Waals surface area (Å²) >= 11 is 12.0. The molecule has 0 aliphatic heterocycles. The van der Waals surface area contributed by atoms with Gasteiger partial charge in [-0.25, -0.2) is 4.98 Å². The molecule has 0 unspecified atom stereocenters. The largest absolute Gasteiger partial charge is 0.393 e. The van der Waals surface area contributed by atoms with E-state index in [1.165, 1.54) is 22.8 Å². The predicted molar refractivity (Wildman–Crippen MR) is 123 cm³/mol. The van der Waals surface area contributed by atoms with E-state index in [2.05, 4.69) is 9.97 Å². The molecule has 6 N–H and O–H groups in total. The second-order valence-corrected chi connectivity index (χ2v) is 9.57. The Bertz CT molecular complexity index is 1250. The van der Waals surface area contributed by atoms with E-state index in [0.717, 1.165) is 0 Å². The van der Waals surface area contributed by atoms with Gasteiger partial charge < -0.3 is 26.0 Å². The Hall–Kier alpha value is -2.95. The van der Waals surface area contributed by atoms with Crippen LogP contribution in [0.25, 0.3) is 5.70 Å². The van der Waals surface area contributed by atoms with Gasteiger partial charge in [-0.3, -0.25) is 4.98 Å². The van der Waals surface area contributed by atoms with Crippen LogP contribution in [-0.2, 0) is 16.7 Å². The van der Waals surface area contributed by atoms with E-state index in [-0.39, 0.29) is 56.3 Å². The lowest BCUT2D eigenvalue weighted by atomic mass is 10.1. The number of nitrogens with two attached hydrogens (primary N) is 3. The molecule has 9 nitrogen and oxygen atoms in total. The molecule has 32 heavy (non-hydrogen) atoms. The third-order valence-corrected chi connectivity index (χ3v) is 6.14. The van der Waals surface area contributed by atoms with E-state index in [4.69, 9.17) is 44.6 Å². The van der Waals surface area contributed by atoms with Gasteiger partial charge >= 0.3 is 10.1 Å². The summed E-state index contributed by atoms with van der Waals surface area (Å²) in [6.07, 6.45) is 3.20. The first-order valence-electron chi connectivity index (χ1n) is 9.40. The fourth-order valence-electron chi connectivity index (χ4n) is 2.99. The number of imidazole rings is 1. The first kappa shape index (κ1) is 23.7. The summed E-state index contributed by atoms with van der Waals surface area (Å²) in [5, 5.41) is 0.255. The number of benzene rings is 1. The molecule has 0 bridgehead atoms. The number of pyridine rings is 1. The lowest BCUT2D eigenvalue weighted by Crippen LogP contribution is -2.22. The number of hydrogen-bond donors (Lipinski definition) is 3. The topological polar surface area (TPSA) is 152 Å². The lowest BCUT2D eigenvalue weighted by Gasteiger charge is -2.15. The average molecular weight is 497 g/mol. The van der Waals surface area contributed by atoms with E-state index in [1.807, 2.05) is 0 Å². The summed E-state index contributed by atoms with van der Waals surface area (Å²) in [6.45, 7) is 3.66. The van der Waals surface area contributed by atoms with Crippen LogP contribution in [0, 0.1) is 0 Å². The van der Waals surface area contributed by atoms with Crippen molar-refractivity contribution < 1.29 is 12.6 Å². The highest BCUT2D eigenvalue weighted by Gasteiger charge is 2.32. The van der Waals surface area contributed by atoms with Crippen molar-refractivity contribution >= 4 is 39.0 Å². The van der Waals surface area contributed by atoms with Crippen LogP contribution in [0.4, 0.5) is 0 Å². The van der Waals surface area contributed by atoms with E-state index < -0.39 is 10.1 Å². The molecule has 0 saturated heterocycles. The van der Waals surface area contributed by atoms with Crippen LogP contribution in [0.1, 0.15) is 36.8 Å². The van der Waals surface area contributed by atoms with Crippen molar-refractivity contribution in [2.24, 2.45) is 17.2 Å². The van der Waals surface area contributed by atoms with Gasteiger partial charge in [0.25, 0.3) is 0 Å². The molecular formula is C20H22Cl2N6O3S. The Morgan fingerprint density at radius 3 is 2.34 bits per heavy atom. The third-order valence-electron chi connectivity index (χ3n) is 4.39. The highest BCUT2D eigenvalue weighted by Crippen LogP contribution is 2.32. The van der Waals surface area contributed by atoms with Gasteiger partial charge in [0, 0.05) is 34.6 Å². The minimum Gasteiger partial charge on any atom is -0.393 e. The molecule has 0 radical (unpaired) electrons. The first-order valence-corrected chi connectivity index (χ1v) is 11.6. The van der Waals surface area contributed by atoms with Crippen molar-refractivity contribution in [3.63, 3.8) is 0 Å². The second-order valence-electron chi connectivity index (χ2n) is 7.24. The minimum atomic E-state index is -4.41.